The molecule has 1 fully saturated rings. The number of nitro benzene ring substituents is 1. The summed E-state index contributed by atoms with van der Waals surface area (Å²) in [6.45, 7) is 3.05. The van der Waals surface area contributed by atoms with Crippen LogP contribution in [0, 0.1) is 17.0 Å². The van der Waals surface area contributed by atoms with E-state index in [0.717, 1.165) is 13.1 Å². The first-order chi connectivity index (χ1) is 9.81. The van der Waals surface area contributed by atoms with Gasteiger partial charge in [0.15, 0.2) is 0 Å². The van der Waals surface area contributed by atoms with Gasteiger partial charge in [0.05, 0.1) is 4.92 Å². The number of aryl methyl sites for hydroxylation is 1. The standard InChI is InChI=1S/C12H16ClN3O4S/c1-8-6-10(16(17)18)12(13)11(7-8)21(19,20)15-9-2-4-14-5-3-9/h6-7,9,14-15H,2-5H2,1H3. The van der Waals surface area contributed by atoms with E-state index in [4.69, 9.17) is 11.6 Å². The number of sulfonamides is 1. The number of nitrogens with zero attached hydrogens (tertiary/aromatic N) is 1. The number of piperidine rings is 1. The molecule has 0 atom stereocenters. The van der Waals surface area contributed by atoms with Crippen molar-refractivity contribution in [3.8, 4) is 0 Å². The second-order valence-electron chi connectivity index (χ2n) is 5.00. The fourth-order valence-electron chi connectivity index (χ4n) is 2.27. The van der Waals surface area contributed by atoms with E-state index in [9.17, 15) is 18.5 Å². The van der Waals surface area contributed by atoms with E-state index in [0.29, 0.717) is 18.4 Å². The van der Waals surface area contributed by atoms with Crippen molar-refractivity contribution in [1.82, 2.24) is 10.0 Å². The molecule has 0 aliphatic carbocycles. The molecule has 7 nitrogen and oxygen atoms in total. The Bertz CT molecular complexity index is 657. The molecule has 1 aliphatic heterocycles. The second-order valence-corrected chi connectivity index (χ2v) is 7.06. The molecule has 0 spiro atoms. The highest BCUT2D eigenvalue weighted by Crippen LogP contribution is 2.32. The van der Waals surface area contributed by atoms with Gasteiger partial charge in [-0.3, -0.25) is 10.1 Å². The molecule has 0 saturated carbocycles. The number of nitro groups is 1. The van der Waals surface area contributed by atoms with Gasteiger partial charge in [-0.2, -0.15) is 0 Å². The number of benzene rings is 1. The molecule has 1 aliphatic rings. The van der Waals surface area contributed by atoms with Crippen LogP contribution in [0.25, 0.3) is 0 Å². The first-order valence-corrected chi connectivity index (χ1v) is 8.35. The van der Waals surface area contributed by atoms with E-state index in [2.05, 4.69) is 10.0 Å². The number of hydrogen-bond acceptors (Lipinski definition) is 5. The van der Waals surface area contributed by atoms with Crippen LogP contribution >= 0.6 is 11.6 Å². The zero-order valence-electron chi connectivity index (χ0n) is 11.4. The van der Waals surface area contributed by atoms with Gasteiger partial charge in [0.25, 0.3) is 5.69 Å². The summed E-state index contributed by atoms with van der Waals surface area (Å²) in [5.74, 6) is 0. The van der Waals surface area contributed by atoms with Crippen LogP contribution in [0.1, 0.15) is 18.4 Å². The predicted octanol–water partition coefficient (Wildman–Crippen LogP) is 1.59. The maximum absolute atomic E-state index is 12.4. The molecule has 1 aromatic carbocycles. The Labute approximate surface area is 127 Å². The average molecular weight is 334 g/mol. The Balaban J connectivity index is 2.37. The third-order valence-electron chi connectivity index (χ3n) is 3.31. The fourth-order valence-corrected chi connectivity index (χ4v) is 4.23. The van der Waals surface area contributed by atoms with Gasteiger partial charge in [-0.05, 0) is 44.5 Å². The van der Waals surface area contributed by atoms with Crippen LogP contribution in [0.4, 0.5) is 5.69 Å². The van der Waals surface area contributed by atoms with E-state index in [1.54, 1.807) is 6.92 Å². The zero-order valence-corrected chi connectivity index (χ0v) is 13.0. The predicted molar refractivity (Wildman–Crippen MR) is 79.1 cm³/mol. The van der Waals surface area contributed by atoms with Crippen molar-refractivity contribution < 1.29 is 13.3 Å². The Morgan fingerprint density at radius 1 is 1.38 bits per heavy atom. The maximum Gasteiger partial charge on any atom is 0.289 e. The van der Waals surface area contributed by atoms with Gasteiger partial charge in [0, 0.05) is 12.1 Å². The summed E-state index contributed by atoms with van der Waals surface area (Å²) in [6, 6.07) is 2.41. The van der Waals surface area contributed by atoms with E-state index >= 15 is 0 Å². The van der Waals surface area contributed by atoms with Crippen LogP contribution in [-0.2, 0) is 10.0 Å². The minimum atomic E-state index is -3.88. The van der Waals surface area contributed by atoms with Crippen molar-refractivity contribution in [2.75, 3.05) is 13.1 Å². The lowest BCUT2D eigenvalue weighted by molar-refractivity contribution is -0.385. The minimum Gasteiger partial charge on any atom is -0.317 e. The lowest BCUT2D eigenvalue weighted by atomic mass is 10.1. The summed E-state index contributed by atoms with van der Waals surface area (Å²) in [5.41, 5.74) is 0.0686. The SMILES string of the molecule is Cc1cc([N+](=O)[O-])c(Cl)c(S(=O)(=O)NC2CCNCC2)c1. The van der Waals surface area contributed by atoms with Crippen LogP contribution in [0.5, 0.6) is 0 Å². The topological polar surface area (TPSA) is 101 Å². The number of rotatable bonds is 4. The molecule has 21 heavy (non-hydrogen) atoms. The molecule has 0 unspecified atom stereocenters. The third-order valence-corrected chi connectivity index (χ3v) is 5.37. The van der Waals surface area contributed by atoms with Crippen LogP contribution in [0.3, 0.4) is 0 Å². The molecule has 0 aromatic heterocycles. The molecule has 1 aromatic rings. The van der Waals surface area contributed by atoms with Gasteiger partial charge in [0.1, 0.15) is 9.92 Å². The fraction of sp³-hybridized carbons (Fsp3) is 0.500. The molecule has 116 valence electrons. The van der Waals surface area contributed by atoms with Crippen molar-refractivity contribution in [2.45, 2.75) is 30.7 Å². The molecule has 2 rings (SSSR count). The van der Waals surface area contributed by atoms with Gasteiger partial charge in [-0.1, -0.05) is 11.6 Å². The van der Waals surface area contributed by atoms with Crippen LogP contribution < -0.4 is 10.0 Å². The third kappa shape index (κ3) is 3.70. The summed E-state index contributed by atoms with van der Waals surface area (Å²) in [6.07, 6.45) is 1.34. The number of halogens is 1. The Morgan fingerprint density at radius 3 is 2.57 bits per heavy atom. The van der Waals surface area contributed by atoms with Gasteiger partial charge in [-0.15, -0.1) is 0 Å². The first-order valence-electron chi connectivity index (χ1n) is 6.49. The summed E-state index contributed by atoms with van der Waals surface area (Å²) in [5, 5.41) is 13.7. The summed E-state index contributed by atoms with van der Waals surface area (Å²) in [4.78, 5) is 10.0. The maximum atomic E-state index is 12.4. The molecule has 1 heterocycles. The van der Waals surface area contributed by atoms with E-state index in [1.165, 1.54) is 12.1 Å². The Kier molecular flexibility index (Phi) is 4.82. The summed E-state index contributed by atoms with van der Waals surface area (Å²) < 4.78 is 27.4. The highest BCUT2D eigenvalue weighted by atomic mass is 35.5. The number of hydrogen-bond donors (Lipinski definition) is 2. The van der Waals surface area contributed by atoms with Gasteiger partial charge in [0.2, 0.25) is 10.0 Å². The van der Waals surface area contributed by atoms with Crippen LogP contribution in [-0.4, -0.2) is 32.5 Å². The normalized spacial score (nSPS) is 16.9. The first kappa shape index (κ1) is 16.2. The smallest absolute Gasteiger partial charge is 0.289 e. The molecule has 0 radical (unpaired) electrons. The molecule has 2 N–H and O–H groups in total. The molecule has 0 amide bonds. The molecular formula is C12H16ClN3O4S. The monoisotopic (exact) mass is 333 g/mol. The van der Waals surface area contributed by atoms with Crippen LogP contribution in [0.2, 0.25) is 5.02 Å². The van der Waals surface area contributed by atoms with E-state index in [-0.39, 0.29) is 16.0 Å². The highest BCUT2D eigenvalue weighted by molar-refractivity contribution is 7.89. The largest absolute Gasteiger partial charge is 0.317 e. The highest BCUT2D eigenvalue weighted by Gasteiger charge is 2.28. The van der Waals surface area contributed by atoms with E-state index < -0.39 is 20.6 Å². The zero-order chi connectivity index (χ0) is 15.6. The van der Waals surface area contributed by atoms with Crippen molar-refractivity contribution >= 4 is 27.3 Å². The molecule has 9 heteroatoms. The van der Waals surface area contributed by atoms with Crippen molar-refractivity contribution in [3.05, 3.63) is 32.8 Å². The summed E-state index contributed by atoms with van der Waals surface area (Å²) in [7, 11) is -3.88. The van der Waals surface area contributed by atoms with Gasteiger partial charge < -0.3 is 5.32 Å². The van der Waals surface area contributed by atoms with Crippen molar-refractivity contribution in [3.63, 3.8) is 0 Å². The lowest BCUT2D eigenvalue weighted by Crippen LogP contribution is -2.42. The van der Waals surface area contributed by atoms with E-state index in [1.807, 2.05) is 0 Å². The van der Waals surface area contributed by atoms with Gasteiger partial charge in [-0.25, -0.2) is 13.1 Å². The Morgan fingerprint density at radius 2 is 2.00 bits per heavy atom. The lowest BCUT2D eigenvalue weighted by Gasteiger charge is -2.23. The second kappa shape index (κ2) is 6.27. The van der Waals surface area contributed by atoms with Crippen molar-refractivity contribution in [2.24, 2.45) is 0 Å². The quantitative estimate of drug-likeness (QED) is 0.643. The van der Waals surface area contributed by atoms with Gasteiger partial charge >= 0.3 is 0 Å². The average Bonchev–Trinajstić information content (AvgIpc) is 2.41. The molecule has 1 saturated heterocycles. The molecule has 0 bridgehead atoms. The van der Waals surface area contributed by atoms with Crippen LogP contribution in [0.15, 0.2) is 17.0 Å². The number of nitrogens with one attached hydrogen (secondary N) is 2. The molecular weight excluding hydrogens is 318 g/mol. The van der Waals surface area contributed by atoms with Crippen molar-refractivity contribution in [1.29, 1.82) is 0 Å². The summed E-state index contributed by atoms with van der Waals surface area (Å²) >= 11 is 5.90. The minimum absolute atomic E-state index is 0.188. The Hall–Kier alpha value is -1.22.